The van der Waals surface area contributed by atoms with Crippen molar-refractivity contribution in [2.24, 2.45) is 5.92 Å². The fourth-order valence-electron chi connectivity index (χ4n) is 1.63. The van der Waals surface area contributed by atoms with Gasteiger partial charge in [0.2, 0.25) is 0 Å². The van der Waals surface area contributed by atoms with Gasteiger partial charge < -0.3 is 4.74 Å². The lowest BCUT2D eigenvalue weighted by Crippen LogP contribution is -2.08. The predicted molar refractivity (Wildman–Crippen MR) is 71.2 cm³/mol. The highest BCUT2D eigenvalue weighted by molar-refractivity contribution is 6.04. The van der Waals surface area contributed by atoms with E-state index in [2.05, 4.69) is 0 Å². The highest BCUT2D eigenvalue weighted by atomic mass is 16.5. The van der Waals surface area contributed by atoms with E-state index in [4.69, 9.17) is 10.00 Å². The largest absolute Gasteiger partial charge is 0.496 e. The standard InChI is InChI=1S/C15H17NO2/c1-10(2)15(17)13(9-16)8-12-5-6-14(18-4)11(3)7-12/h5-8,10H,1-4H3/b13-8+. The van der Waals surface area contributed by atoms with Crippen LogP contribution in [0.25, 0.3) is 6.08 Å². The van der Waals surface area contributed by atoms with E-state index >= 15 is 0 Å². The van der Waals surface area contributed by atoms with Crippen LogP contribution in [0.15, 0.2) is 23.8 Å². The summed E-state index contributed by atoms with van der Waals surface area (Å²) in [6.45, 7) is 5.49. The monoisotopic (exact) mass is 243 g/mol. The van der Waals surface area contributed by atoms with Crippen molar-refractivity contribution in [2.45, 2.75) is 20.8 Å². The second-order valence-electron chi connectivity index (χ2n) is 4.42. The van der Waals surface area contributed by atoms with Crippen LogP contribution in [0, 0.1) is 24.2 Å². The van der Waals surface area contributed by atoms with Crippen molar-refractivity contribution < 1.29 is 9.53 Å². The van der Waals surface area contributed by atoms with Crippen LogP contribution in [0.5, 0.6) is 5.75 Å². The average Bonchev–Trinajstić information content (AvgIpc) is 2.35. The molecule has 0 aliphatic heterocycles. The molecule has 0 aliphatic carbocycles. The van der Waals surface area contributed by atoms with E-state index in [1.165, 1.54) is 0 Å². The number of hydrogen-bond donors (Lipinski definition) is 0. The Morgan fingerprint density at radius 2 is 2.11 bits per heavy atom. The zero-order valence-corrected chi connectivity index (χ0v) is 11.2. The Morgan fingerprint density at radius 3 is 2.56 bits per heavy atom. The minimum Gasteiger partial charge on any atom is -0.496 e. The molecule has 0 fully saturated rings. The van der Waals surface area contributed by atoms with Crippen molar-refractivity contribution in [1.82, 2.24) is 0 Å². The molecule has 0 saturated heterocycles. The number of benzene rings is 1. The second kappa shape index (κ2) is 6.02. The quantitative estimate of drug-likeness (QED) is 0.603. The Kier molecular flexibility index (Phi) is 4.67. The Bertz CT molecular complexity index is 522. The number of allylic oxidation sites excluding steroid dienone is 1. The molecule has 1 rings (SSSR count). The van der Waals surface area contributed by atoms with Gasteiger partial charge in [-0.2, -0.15) is 5.26 Å². The summed E-state index contributed by atoms with van der Waals surface area (Å²) >= 11 is 0. The van der Waals surface area contributed by atoms with Crippen molar-refractivity contribution in [3.8, 4) is 11.8 Å². The van der Waals surface area contributed by atoms with Gasteiger partial charge in [0.05, 0.1) is 12.7 Å². The van der Waals surface area contributed by atoms with Crippen LogP contribution in [0.1, 0.15) is 25.0 Å². The summed E-state index contributed by atoms with van der Waals surface area (Å²) in [5.41, 5.74) is 1.99. The lowest BCUT2D eigenvalue weighted by molar-refractivity contribution is -0.117. The van der Waals surface area contributed by atoms with E-state index < -0.39 is 0 Å². The molecule has 94 valence electrons. The number of nitriles is 1. The van der Waals surface area contributed by atoms with Gasteiger partial charge >= 0.3 is 0 Å². The van der Waals surface area contributed by atoms with Gasteiger partial charge in [-0.3, -0.25) is 4.79 Å². The number of ether oxygens (including phenoxy) is 1. The zero-order chi connectivity index (χ0) is 13.7. The van der Waals surface area contributed by atoms with E-state index in [0.29, 0.717) is 0 Å². The third kappa shape index (κ3) is 3.21. The maximum atomic E-state index is 11.8. The van der Waals surface area contributed by atoms with Crippen molar-refractivity contribution in [1.29, 1.82) is 5.26 Å². The van der Waals surface area contributed by atoms with Crippen molar-refractivity contribution in [3.63, 3.8) is 0 Å². The number of nitrogens with zero attached hydrogens (tertiary/aromatic N) is 1. The van der Waals surface area contributed by atoms with Crippen molar-refractivity contribution in [3.05, 3.63) is 34.9 Å². The molecule has 0 bridgehead atoms. The zero-order valence-electron chi connectivity index (χ0n) is 11.2. The summed E-state index contributed by atoms with van der Waals surface area (Å²) in [5.74, 6) is 0.488. The topological polar surface area (TPSA) is 50.1 Å². The van der Waals surface area contributed by atoms with Gasteiger partial charge in [0.1, 0.15) is 11.8 Å². The first-order valence-corrected chi connectivity index (χ1v) is 5.80. The van der Waals surface area contributed by atoms with Crippen LogP contribution in [0.3, 0.4) is 0 Å². The minimum absolute atomic E-state index is 0.133. The summed E-state index contributed by atoms with van der Waals surface area (Å²) < 4.78 is 5.16. The van der Waals surface area contributed by atoms with Crippen molar-refractivity contribution in [2.75, 3.05) is 7.11 Å². The molecule has 0 aliphatic rings. The third-order valence-electron chi connectivity index (χ3n) is 2.64. The fourth-order valence-corrected chi connectivity index (χ4v) is 1.63. The molecule has 0 amide bonds. The maximum absolute atomic E-state index is 11.8. The molecule has 18 heavy (non-hydrogen) atoms. The number of ketones is 1. The maximum Gasteiger partial charge on any atom is 0.175 e. The van der Waals surface area contributed by atoms with Crippen LogP contribution in [-0.2, 0) is 4.79 Å². The van der Waals surface area contributed by atoms with Gasteiger partial charge in [0.25, 0.3) is 0 Å². The number of aryl methyl sites for hydroxylation is 1. The summed E-state index contributed by atoms with van der Waals surface area (Å²) in [6.07, 6.45) is 1.62. The Labute approximate surface area is 108 Å². The summed E-state index contributed by atoms with van der Waals surface area (Å²) in [6, 6.07) is 7.51. The molecule has 0 radical (unpaired) electrons. The molecule has 0 N–H and O–H groups in total. The first kappa shape index (κ1) is 14.0. The van der Waals surface area contributed by atoms with E-state index in [1.54, 1.807) is 27.0 Å². The molecule has 0 atom stereocenters. The third-order valence-corrected chi connectivity index (χ3v) is 2.64. The van der Waals surface area contributed by atoms with E-state index in [1.807, 2.05) is 31.2 Å². The first-order valence-electron chi connectivity index (χ1n) is 5.80. The SMILES string of the molecule is COc1ccc(/C=C(\C#N)C(=O)C(C)C)cc1C. The highest BCUT2D eigenvalue weighted by Gasteiger charge is 2.13. The average molecular weight is 243 g/mol. The normalized spacial score (nSPS) is 11.2. The number of carbonyl (C=O) groups is 1. The molecular formula is C15H17NO2. The van der Waals surface area contributed by atoms with Gasteiger partial charge in [0.15, 0.2) is 5.78 Å². The molecule has 3 nitrogen and oxygen atoms in total. The van der Waals surface area contributed by atoms with E-state index in [0.717, 1.165) is 16.9 Å². The predicted octanol–water partition coefficient (Wildman–Crippen LogP) is 3.14. The molecule has 1 aromatic carbocycles. The smallest absolute Gasteiger partial charge is 0.175 e. The first-order chi connectivity index (χ1) is 8.49. The van der Waals surface area contributed by atoms with Gasteiger partial charge in [-0.1, -0.05) is 19.9 Å². The lowest BCUT2D eigenvalue weighted by Gasteiger charge is -2.06. The van der Waals surface area contributed by atoms with Gasteiger partial charge in [0, 0.05) is 5.92 Å². The van der Waals surface area contributed by atoms with Crippen LogP contribution >= 0.6 is 0 Å². The van der Waals surface area contributed by atoms with E-state index in [9.17, 15) is 4.79 Å². The fraction of sp³-hybridized carbons (Fsp3) is 0.333. The van der Waals surface area contributed by atoms with Crippen LogP contribution < -0.4 is 4.74 Å². The number of carbonyl (C=O) groups excluding carboxylic acids is 1. The van der Waals surface area contributed by atoms with Gasteiger partial charge in [-0.15, -0.1) is 0 Å². The second-order valence-corrected chi connectivity index (χ2v) is 4.42. The number of Topliss-reactive ketones (excluding diaryl/α,β-unsaturated/α-hetero) is 1. The van der Waals surface area contributed by atoms with Crippen molar-refractivity contribution >= 4 is 11.9 Å². The number of methoxy groups -OCH3 is 1. The van der Waals surface area contributed by atoms with Crippen LogP contribution in [0.4, 0.5) is 0 Å². The molecule has 0 heterocycles. The molecule has 0 unspecified atom stereocenters. The molecule has 0 spiro atoms. The lowest BCUT2D eigenvalue weighted by atomic mass is 9.99. The number of hydrogen-bond acceptors (Lipinski definition) is 3. The summed E-state index contributed by atoms with van der Waals surface area (Å²) in [7, 11) is 1.61. The Hall–Kier alpha value is -2.08. The number of rotatable bonds is 4. The Balaban J connectivity index is 3.12. The minimum atomic E-state index is -0.171. The molecular weight excluding hydrogens is 226 g/mol. The molecule has 0 saturated carbocycles. The van der Waals surface area contributed by atoms with Crippen LogP contribution in [0.2, 0.25) is 0 Å². The summed E-state index contributed by atoms with van der Waals surface area (Å²) in [5, 5.41) is 9.01. The highest BCUT2D eigenvalue weighted by Crippen LogP contribution is 2.20. The molecule has 3 heteroatoms. The summed E-state index contributed by atoms with van der Waals surface area (Å²) in [4.78, 5) is 11.8. The Morgan fingerprint density at radius 1 is 1.44 bits per heavy atom. The van der Waals surface area contributed by atoms with Gasteiger partial charge in [-0.05, 0) is 36.3 Å². The molecule has 1 aromatic rings. The van der Waals surface area contributed by atoms with E-state index in [-0.39, 0.29) is 17.3 Å². The van der Waals surface area contributed by atoms with Gasteiger partial charge in [-0.25, -0.2) is 0 Å². The molecule has 0 aromatic heterocycles. The van der Waals surface area contributed by atoms with Crippen LogP contribution in [-0.4, -0.2) is 12.9 Å².